The van der Waals surface area contributed by atoms with Crippen molar-refractivity contribution in [3.63, 3.8) is 0 Å². The number of fused-ring (bicyclic) bond motifs is 2. The summed E-state index contributed by atoms with van der Waals surface area (Å²) in [6.45, 7) is 2.54. The van der Waals surface area contributed by atoms with Gasteiger partial charge in [-0.25, -0.2) is 4.98 Å². The number of imidazole rings is 1. The Morgan fingerprint density at radius 3 is 2.89 bits per heavy atom. The summed E-state index contributed by atoms with van der Waals surface area (Å²) in [4.78, 5) is 17.3. The number of carbonyl (C=O) groups is 1. The monoisotopic (exact) mass is 375 g/mol. The first-order chi connectivity index (χ1) is 13.8. The number of amides is 1. The molecule has 28 heavy (non-hydrogen) atoms. The molecule has 0 saturated carbocycles. The van der Waals surface area contributed by atoms with Gasteiger partial charge in [-0.15, -0.1) is 0 Å². The fraction of sp³-hybridized carbons (Fsp3) is 0.273. The molecule has 3 aromatic rings. The molecule has 2 aromatic carbocycles. The Labute approximate surface area is 163 Å². The van der Waals surface area contributed by atoms with Crippen LogP contribution in [0.3, 0.4) is 0 Å². The van der Waals surface area contributed by atoms with Gasteiger partial charge in [0.1, 0.15) is 19.0 Å². The number of hydrogen-bond donors (Lipinski definition) is 1. The Morgan fingerprint density at radius 2 is 2.00 bits per heavy atom. The highest BCUT2D eigenvalue weighted by Gasteiger charge is 2.16. The molecular weight excluding hydrogens is 354 g/mol. The van der Waals surface area contributed by atoms with Crippen LogP contribution < -0.4 is 14.8 Å². The number of nitrogens with one attached hydrogen (secondary N) is 1. The molecule has 142 valence electrons. The maximum Gasteiger partial charge on any atom is 0.251 e. The summed E-state index contributed by atoms with van der Waals surface area (Å²) in [5.74, 6) is 2.33. The molecule has 1 aromatic heterocycles. The lowest BCUT2D eigenvalue weighted by Gasteiger charge is -2.18. The molecule has 6 nitrogen and oxygen atoms in total. The molecule has 3 heterocycles. The molecule has 5 rings (SSSR count). The van der Waals surface area contributed by atoms with Gasteiger partial charge in [0.2, 0.25) is 0 Å². The number of hydrogen-bond acceptors (Lipinski definition) is 4. The lowest BCUT2D eigenvalue weighted by molar-refractivity contribution is 0.0949. The van der Waals surface area contributed by atoms with Crippen LogP contribution in [0.2, 0.25) is 0 Å². The summed E-state index contributed by atoms with van der Waals surface area (Å²) in [6, 6.07) is 13.4. The van der Waals surface area contributed by atoms with Crippen LogP contribution in [-0.4, -0.2) is 28.7 Å². The maximum absolute atomic E-state index is 12.5. The third-order valence-electron chi connectivity index (χ3n) is 5.14. The van der Waals surface area contributed by atoms with Crippen molar-refractivity contribution in [2.24, 2.45) is 0 Å². The average Bonchev–Trinajstić information content (AvgIpc) is 3.34. The Kier molecular flexibility index (Phi) is 4.24. The van der Waals surface area contributed by atoms with Crippen molar-refractivity contribution >= 4 is 5.91 Å². The molecule has 0 unspecified atom stereocenters. The molecule has 0 fully saturated rings. The van der Waals surface area contributed by atoms with Crippen LogP contribution in [0.25, 0.3) is 11.3 Å². The van der Waals surface area contributed by atoms with Gasteiger partial charge in [0.05, 0.1) is 5.69 Å². The summed E-state index contributed by atoms with van der Waals surface area (Å²) in [5, 5.41) is 2.98. The summed E-state index contributed by atoms with van der Waals surface area (Å²) in [5.41, 5.74) is 3.67. The highest BCUT2D eigenvalue weighted by molar-refractivity contribution is 5.94. The summed E-state index contributed by atoms with van der Waals surface area (Å²) in [7, 11) is 0. The first-order valence-electron chi connectivity index (χ1n) is 9.59. The van der Waals surface area contributed by atoms with E-state index in [1.165, 1.54) is 6.42 Å². The smallest absolute Gasteiger partial charge is 0.251 e. The van der Waals surface area contributed by atoms with E-state index in [1.54, 1.807) is 18.2 Å². The zero-order valence-corrected chi connectivity index (χ0v) is 15.5. The van der Waals surface area contributed by atoms with Crippen LogP contribution in [0.1, 0.15) is 28.2 Å². The molecule has 0 aliphatic carbocycles. The molecule has 0 atom stereocenters. The summed E-state index contributed by atoms with van der Waals surface area (Å²) >= 11 is 0. The van der Waals surface area contributed by atoms with E-state index in [0.29, 0.717) is 36.8 Å². The number of rotatable bonds is 4. The van der Waals surface area contributed by atoms with Crippen molar-refractivity contribution in [2.45, 2.75) is 25.9 Å². The highest BCUT2D eigenvalue weighted by atomic mass is 16.6. The maximum atomic E-state index is 12.5. The number of ether oxygens (including phenoxy) is 2. The molecule has 1 amide bonds. The molecule has 6 heteroatoms. The van der Waals surface area contributed by atoms with Crippen LogP contribution in [0, 0.1) is 0 Å². The predicted octanol–water partition coefficient (Wildman–Crippen LogP) is 3.20. The van der Waals surface area contributed by atoms with Crippen LogP contribution in [0.15, 0.2) is 48.7 Å². The Balaban J connectivity index is 1.28. The fourth-order valence-corrected chi connectivity index (χ4v) is 3.70. The minimum Gasteiger partial charge on any atom is -0.486 e. The largest absolute Gasteiger partial charge is 0.486 e. The predicted molar refractivity (Wildman–Crippen MR) is 105 cm³/mol. The minimum atomic E-state index is -0.136. The van der Waals surface area contributed by atoms with E-state index >= 15 is 0 Å². The number of aryl methyl sites for hydroxylation is 2. The SMILES string of the molecule is O=C(NCc1cccc(-c2cn3c(n2)CCC3)c1)c1ccc2c(c1)OCCO2. The second kappa shape index (κ2) is 7.03. The van der Waals surface area contributed by atoms with E-state index in [-0.39, 0.29) is 5.91 Å². The van der Waals surface area contributed by atoms with Gasteiger partial charge >= 0.3 is 0 Å². The van der Waals surface area contributed by atoms with Crippen molar-refractivity contribution in [1.29, 1.82) is 0 Å². The second-order valence-electron chi connectivity index (χ2n) is 7.08. The fourth-order valence-electron chi connectivity index (χ4n) is 3.70. The van der Waals surface area contributed by atoms with E-state index in [2.05, 4.69) is 28.2 Å². The average molecular weight is 375 g/mol. The zero-order chi connectivity index (χ0) is 18.9. The number of benzene rings is 2. The second-order valence-corrected chi connectivity index (χ2v) is 7.08. The molecule has 1 N–H and O–H groups in total. The zero-order valence-electron chi connectivity index (χ0n) is 15.5. The lowest BCUT2D eigenvalue weighted by Crippen LogP contribution is -2.23. The Morgan fingerprint density at radius 1 is 1.11 bits per heavy atom. The first kappa shape index (κ1) is 16.9. The van der Waals surface area contributed by atoms with Crippen molar-refractivity contribution in [1.82, 2.24) is 14.9 Å². The van der Waals surface area contributed by atoms with E-state index in [9.17, 15) is 4.79 Å². The van der Waals surface area contributed by atoms with E-state index in [1.807, 2.05) is 12.1 Å². The topological polar surface area (TPSA) is 65.4 Å². The quantitative estimate of drug-likeness (QED) is 0.761. The minimum absolute atomic E-state index is 0.136. The highest BCUT2D eigenvalue weighted by Crippen LogP contribution is 2.30. The van der Waals surface area contributed by atoms with Gasteiger partial charge in [-0.3, -0.25) is 4.79 Å². The van der Waals surface area contributed by atoms with E-state index < -0.39 is 0 Å². The van der Waals surface area contributed by atoms with Crippen molar-refractivity contribution < 1.29 is 14.3 Å². The number of nitrogens with zero attached hydrogens (tertiary/aromatic N) is 2. The molecule has 0 bridgehead atoms. The Bertz CT molecular complexity index is 1020. The summed E-state index contributed by atoms with van der Waals surface area (Å²) in [6.07, 6.45) is 4.34. The van der Waals surface area contributed by atoms with Gasteiger partial charge in [-0.1, -0.05) is 18.2 Å². The van der Waals surface area contributed by atoms with Crippen LogP contribution in [-0.2, 0) is 19.5 Å². The van der Waals surface area contributed by atoms with Crippen molar-refractivity contribution in [3.05, 3.63) is 65.6 Å². The molecule has 0 spiro atoms. The third kappa shape index (κ3) is 3.22. The van der Waals surface area contributed by atoms with Gasteiger partial charge in [-0.2, -0.15) is 0 Å². The van der Waals surface area contributed by atoms with Gasteiger partial charge in [0.25, 0.3) is 5.91 Å². The number of carbonyl (C=O) groups excluding carboxylic acids is 1. The van der Waals surface area contributed by atoms with Crippen LogP contribution >= 0.6 is 0 Å². The third-order valence-corrected chi connectivity index (χ3v) is 5.14. The normalized spacial score (nSPS) is 14.6. The van der Waals surface area contributed by atoms with Gasteiger partial charge < -0.3 is 19.4 Å². The van der Waals surface area contributed by atoms with E-state index in [0.717, 1.165) is 35.6 Å². The van der Waals surface area contributed by atoms with Crippen LogP contribution in [0.4, 0.5) is 0 Å². The molecular formula is C22H21N3O3. The molecule has 0 saturated heterocycles. The van der Waals surface area contributed by atoms with Crippen LogP contribution in [0.5, 0.6) is 11.5 Å². The molecule has 0 radical (unpaired) electrons. The summed E-state index contributed by atoms with van der Waals surface area (Å²) < 4.78 is 13.3. The van der Waals surface area contributed by atoms with Gasteiger partial charge in [0, 0.05) is 36.8 Å². The molecule has 2 aliphatic rings. The standard InChI is InChI=1S/C22H21N3O3/c26-22(17-6-7-19-20(12-17)28-10-9-27-19)23-13-15-3-1-4-16(11-15)18-14-25-8-2-5-21(25)24-18/h1,3-4,6-7,11-12,14H,2,5,8-10,13H2,(H,23,26). The van der Waals surface area contributed by atoms with Crippen molar-refractivity contribution in [3.8, 4) is 22.8 Å². The lowest BCUT2D eigenvalue weighted by atomic mass is 10.1. The van der Waals surface area contributed by atoms with Crippen molar-refractivity contribution in [2.75, 3.05) is 13.2 Å². The first-order valence-corrected chi connectivity index (χ1v) is 9.59. The Hall–Kier alpha value is -3.28. The molecule has 2 aliphatic heterocycles. The van der Waals surface area contributed by atoms with Gasteiger partial charge in [-0.05, 0) is 36.2 Å². The number of aromatic nitrogens is 2. The van der Waals surface area contributed by atoms with Gasteiger partial charge in [0.15, 0.2) is 11.5 Å². The van der Waals surface area contributed by atoms with E-state index in [4.69, 9.17) is 14.5 Å².